The molecule has 54 heavy (non-hydrogen) atoms. The molecule has 0 saturated heterocycles. The molecule has 0 bridgehead atoms. The van der Waals surface area contributed by atoms with Gasteiger partial charge in [0.05, 0.1) is 50.7 Å². The van der Waals surface area contributed by atoms with Crippen LogP contribution < -0.4 is 29.8 Å². The number of sulfone groups is 1. The lowest BCUT2D eigenvalue weighted by Crippen LogP contribution is -2.53. The topological polar surface area (TPSA) is 203 Å². The zero-order valence-corrected chi connectivity index (χ0v) is 30.9. The van der Waals surface area contributed by atoms with Gasteiger partial charge in [0.1, 0.15) is 23.0 Å². The average Bonchev–Trinajstić information content (AvgIpc) is 3.60. The normalized spacial score (nSPS) is 16.4. The lowest BCUT2D eigenvalue weighted by atomic mass is 9.83. The van der Waals surface area contributed by atoms with Gasteiger partial charge in [-0.15, -0.1) is 0 Å². The van der Waals surface area contributed by atoms with E-state index in [0.717, 1.165) is 0 Å². The molecule has 2 atom stereocenters. The number of amides is 1. The molecule has 0 radical (unpaired) electrons. The zero-order valence-electron chi connectivity index (χ0n) is 30.1. The van der Waals surface area contributed by atoms with E-state index in [1.807, 2.05) is 0 Å². The maximum atomic E-state index is 14.7. The number of nitrogens with zero attached hydrogens (tertiary/aromatic N) is 4. The lowest BCUT2D eigenvalue weighted by molar-refractivity contribution is -0.130. The molecule has 0 aliphatic carbocycles. The number of aliphatic hydroxyl groups excluding tert-OH is 1. The molecule has 3 N–H and O–H groups in total. The highest BCUT2D eigenvalue weighted by molar-refractivity contribution is 7.91. The fraction of sp³-hybridized carbons (Fsp3) is 0.316. The standard InChI is InChI=1S/C38H42N6O9S/c1-49-29-22-33(50-2)32(34(23-29)51-3)25-40-43-37(46)38(18-21-54(47,48)30-11-5-4-6-12-30)35(31-13-8-7-10-27(31)24-41-44-39)53-36(42-38)26-14-16-28(17-15-26)52-20-9-19-45/h4-8,10-17,22-23,35,40,45H,9,18-21,24-25H2,1-3H3,(H,43,46)/t35-,38-/m0/s1. The molecule has 16 heteroatoms. The Kier molecular flexibility index (Phi) is 13.4. The third-order valence-corrected chi connectivity index (χ3v) is 10.5. The Hall–Kier alpha value is -5.80. The quantitative estimate of drug-likeness (QED) is 0.0374. The molecule has 0 unspecified atom stereocenters. The fourth-order valence-electron chi connectivity index (χ4n) is 6.00. The van der Waals surface area contributed by atoms with Gasteiger partial charge in [-0.25, -0.2) is 18.8 Å². The first-order valence-corrected chi connectivity index (χ1v) is 18.6. The number of ether oxygens (including phenoxy) is 5. The minimum Gasteiger partial charge on any atom is -0.496 e. The zero-order chi connectivity index (χ0) is 38.6. The molecular formula is C38H42N6O9S. The Morgan fingerprint density at radius 2 is 1.65 bits per heavy atom. The van der Waals surface area contributed by atoms with Gasteiger partial charge in [0.25, 0.3) is 5.91 Å². The van der Waals surface area contributed by atoms with E-state index in [4.69, 9.17) is 39.3 Å². The van der Waals surface area contributed by atoms with E-state index in [-0.39, 0.29) is 36.9 Å². The number of hydrazine groups is 1. The van der Waals surface area contributed by atoms with Crippen LogP contribution in [0.2, 0.25) is 0 Å². The summed E-state index contributed by atoms with van der Waals surface area (Å²) >= 11 is 0. The van der Waals surface area contributed by atoms with Gasteiger partial charge >= 0.3 is 0 Å². The summed E-state index contributed by atoms with van der Waals surface area (Å²) in [7, 11) is 0.605. The second-order valence-corrected chi connectivity index (χ2v) is 14.2. The third-order valence-electron chi connectivity index (χ3n) is 8.81. The van der Waals surface area contributed by atoms with E-state index >= 15 is 0 Å². The highest BCUT2D eigenvalue weighted by Crippen LogP contribution is 2.44. The van der Waals surface area contributed by atoms with Crippen molar-refractivity contribution in [3.8, 4) is 23.0 Å². The summed E-state index contributed by atoms with van der Waals surface area (Å²) in [6, 6.07) is 25.2. The molecule has 1 heterocycles. The number of carbonyl (C=O) groups is 1. The molecule has 0 saturated carbocycles. The van der Waals surface area contributed by atoms with Crippen LogP contribution in [0.3, 0.4) is 0 Å². The van der Waals surface area contributed by atoms with Crippen LogP contribution in [0.4, 0.5) is 0 Å². The number of azide groups is 1. The number of benzene rings is 4. The van der Waals surface area contributed by atoms with E-state index in [1.54, 1.807) is 78.9 Å². The Morgan fingerprint density at radius 1 is 0.963 bits per heavy atom. The van der Waals surface area contributed by atoms with Crippen molar-refractivity contribution in [1.82, 2.24) is 10.9 Å². The number of rotatable bonds is 19. The summed E-state index contributed by atoms with van der Waals surface area (Å²) in [5.74, 6) is 0.883. The molecule has 0 fully saturated rings. The Bertz CT molecular complexity index is 2070. The summed E-state index contributed by atoms with van der Waals surface area (Å²) in [5.41, 5.74) is 15.1. The van der Waals surface area contributed by atoms with E-state index in [1.165, 1.54) is 33.5 Å². The summed E-state index contributed by atoms with van der Waals surface area (Å²) in [5, 5.41) is 12.9. The second-order valence-electron chi connectivity index (χ2n) is 12.1. The van der Waals surface area contributed by atoms with E-state index in [9.17, 15) is 13.2 Å². The monoisotopic (exact) mass is 758 g/mol. The highest BCUT2D eigenvalue weighted by atomic mass is 32.2. The predicted molar refractivity (Wildman–Crippen MR) is 200 cm³/mol. The Labute approximate surface area is 313 Å². The summed E-state index contributed by atoms with van der Waals surface area (Å²) in [6.45, 7) is 0.286. The third kappa shape index (κ3) is 9.04. The number of aliphatic hydroxyl groups is 1. The van der Waals surface area contributed by atoms with Crippen molar-refractivity contribution in [2.24, 2.45) is 10.1 Å². The maximum absolute atomic E-state index is 14.7. The van der Waals surface area contributed by atoms with E-state index < -0.39 is 33.1 Å². The molecule has 5 rings (SSSR count). The number of hydrogen-bond donors (Lipinski definition) is 3. The van der Waals surface area contributed by atoms with E-state index in [2.05, 4.69) is 20.9 Å². The molecule has 1 aliphatic rings. The number of nitrogens with one attached hydrogen (secondary N) is 2. The molecule has 15 nitrogen and oxygen atoms in total. The lowest BCUT2D eigenvalue weighted by Gasteiger charge is -2.31. The van der Waals surface area contributed by atoms with Crippen LogP contribution in [-0.4, -0.2) is 71.2 Å². The van der Waals surface area contributed by atoms with Crippen LogP contribution in [0.1, 0.15) is 41.2 Å². The molecule has 1 amide bonds. The molecule has 4 aromatic rings. The number of hydrogen-bond acceptors (Lipinski definition) is 12. The maximum Gasteiger partial charge on any atom is 0.266 e. The second kappa shape index (κ2) is 18.3. The van der Waals surface area contributed by atoms with Crippen molar-refractivity contribution in [2.45, 2.75) is 42.5 Å². The SMILES string of the molecule is COc1cc(OC)c(CNNC(=O)[C@@]2(CCS(=O)(=O)c3ccccc3)N=C(c3ccc(OCCCO)cc3)O[C@H]2c2ccccc2CN=[N+]=[N-])c(OC)c1. The molecule has 0 spiro atoms. The van der Waals surface area contributed by atoms with Crippen LogP contribution in [0.25, 0.3) is 10.4 Å². The Morgan fingerprint density at radius 3 is 2.30 bits per heavy atom. The average molecular weight is 759 g/mol. The van der Waals surface area contributed by atoms with Gasteiger partial charge in [0.2, 0.25) is 5.90 Å². The van der Waals surface area contributed by atoms with Crippen LogP contribution in [-0.2, 0) is 32.5 Å². The van der Waals surface area contributed by atoms with Crippen molar-refractivity contribution < 1.29 is 42.0 Å². The van der Waals surface area contributed by atoms with Gasteiger partial charge < -0.3 is 28.8 Å². The number of aliphatic imine (C=N–C) groups is 1. The van der Waals surface area contributed by atoms with Gasteiger partial charge in [-0.1, -0.05) is 47.6 Å². The smallest absolute Gasteiger partial charge is 0.266 e. The summed E-state index contributed by atoms with van der Waals surface area (Å²) in [6.07, 6.45) is -0.987. The van der Waals surface area contributed by atoms with Crippen LogP contribution in [0.5, 0.6) is 23.0 Å². The first kappa shape index (κ1) is 39.4. The van der Waals surface area contributed by atoms with Gasteiger partial charge in [-0.2, -0.15) is 0 Å². The minimum atomic E-state index is -3.91. The van der Waals surface area contributed by atoms with Gasteiger partial charge in [-0.3, -0.25) is 10.2 Å². The molecule has 0 aromatic heterocycles. The van der Waals surface area contributed by atoms with E-state index in [0.29, 0.717) is 58.3 Å². The van der Waals surface area contributed by atoms with Crippen molar-refractivity contribution in [3.63, 3.8) is 0 Å². The van der Waals surface area contributed by atoms with Crippen LogP contribution in [0, 0.1) is 0 Å². The first-order valence-electron chi connectivity index (χ1n) is 17.0. The predicted octanol–water partition coefficient (Wildman–Crippen LogP) is 5.23. The number of methoxy groups -OCH3 is 3. The Balaban J connectivity index is 1.58. The van der Waals surface area contributed by atoms with Crippen molar-refractivity contribution >= 4 is 21.6 Å². The van der Waals surface area contributed by atoms with Gasteiger partial charge in [-0.05, 0) is 53.1 Å². The number of carbonyl (C=O) groups excluding carboxylic acids is 1. The molecule has 1 aliphatic heterocycles. The molecular weight excluding hydrogens is 717 g/mol. The largest absolute Gasteiger partial charge is 0.496 e. The summed E-state index contributed by atoms with van der Waals surface area (Å²) < 4.78 is 56.2. The minimum absolute atomic E-state index is 0.00848. The molecule has 4 aromatic carbocycles. The van der Waals surface area contributed by atoms with Crippen molar-refractivity contribution in [3.05, 3.63) is 124 Å². The van der Waals surface area contributed by atoms with Gasteiger partial charge in [0.15, 0.2) is 21.5 Å². The van der Waals surface area contributed by atoms with Gasteiger partial charge in [0, 0.05) is 48.6 Å². The summed E-state index contributed by atoms with van der Waals surface area (Å²) in [4.78, 5) is 22.7. The first-order chi connectivity index (χ1) is 26.2. The fourth-order valence-corrected chi connectivity index (χ4v) is 7.39. The highest BCUT2D eigenvalue weighted by Gasteiger charge is 2.54. The van der Waals surface area contributed by atoms with Crippen molar-refractivity contribution in [1.29, 1.82) is 0 Å². The van der Waals surface area contributed by atoms with Crippen molar-refractivity contribution in [2.75, 3.05) is 40.3 Å². The van der Waals surface area contributed by atoms with Crippen LogP contribution in [0.15, 0.2) is 106 Å². The molecule has 284 valence electrons. The van der Waals surface area contributed by atoms with Crippen LogP contribution >= 0.6 is 0 Å².